The van der Waals surface area contributed by atoms with E-state index in [-0.39, 0.29) is 5.91 Å². The van der Waals surface area contributed by atoms with Gasteiger partial charge in [0, 0.05) is 31.2 Å². The van der Waals surface area contributed by atoms with Crippen molar-refractivity contribution < 1.29 is 4.79 Å². The first-order chi connectivity index (χ1) is 6.83. The van der Waals surface area contributed by atoms with Crippen molar-refractivity contribution >= 4 is 17.5 Å². The first-order valence-electron chi connectivity index (χ1n) is 4.63. The molecule has 1 aromatic rings. The van der Waals surface area contributed by atoms with Crippen molar-refractivity contribution in [2.24, 2.45) is 0 Å². The summed E-state index contributed by atoms with van der Waals surface area (Å²) in [6.07, 6.45) is 4.82. The minimum Gasteiger partial charge on any atom is -0.354 e. The fourth-order valence-electron chi connectivity index (χ4n) is 1.06. The summed E-state index contributed by atoms with van der Waals surface area (Å²) in [5.41, 5.74) is 0. The van der Waals surface area contributed by atoms with E-state index in [0.29, 0.717) is 25.4 Å². The molecule has 1 N–H and O–H groups in total. The van der Waals surface area contributed by atoms with E-state index in [0.717, 1.165) is 6.42 Å². The maximum Gasteiger partial charge on any atom is 0.220 e. The molecular weight excluding hydrogens is 202 g/mol. The minimum atomic E-state index is 0.0535. The number of halogens is 1. The van der Waals surface area contributed by atoms with E-state index >= 15 is 0 Å². The smallest absolute Gasteiger partial charge is 0.220 e. The zero-order valence-corrected chi connectivity index (χ0v) is 8.70. The van der Waals surface area contributed by atoms with Crippen molar-refractivity contribution in [3.8, 4) is 0 Å². The van der Waals surface area contributed by atoms with Gasteiger partial charge in [-0.15, -0.1) is 11.6 Å². The van der Waals surface area contributed by atoms with Crippen molar-refractivity contribution in [1.82, 2.24) is 15.1 Å². The molecular formula is C9H14ClN3O. The molecule has 1 aromatic heterocycles. The lowest BCUT2D eigenvalue weighted by atomic mass is 10.3. The number of rotatable bonds is 6. The molecule has 0 aromatic carbocycles. The molecule has 0 spiro atoms. The van der Waals surface area contributed by atoms with Gasteiger partial charge >= 0.3 is 0 Å². The summed E-state index contributed by atoms with van der Waals surface area (Å²) in [4.78, 5) is 11.1. The molecule has 78 valence electrons. The van der Waals surface area contributed by atoms with Crippen LogP contribution in [0, 0.1) is 0 Å². The summed E-state index contributed by atoms with van der Waals surface area (Å²) >= 11 is 5.47. The quantitative estimate of drug-likeness (QED) is 0.721. The largest absolute Gasteiger partial charge is 0.354 e. The Hall–Kier alpha value is -1.03. The Morgan fingerprint density at radius 3 is 3.07 bits per heavy atom. The number of aromatic nitrogens is 2. The fraction of sp³-hybridized carbons (Fsp3) is 0.556. The number of nitrogens with one attached hydrogen (secondary N) is 1. The Morgan fingerprint density at radius 1 is 1.57 bits per heavy atom. The molecule has 4 nitrogen and oxygen atoms in total. The van der Waals surface area contributed by atoms with Crippen LogP contribution >= 0.6 is 11.6 Å². The van der Waals surface area contributed by atoms with Crippen LogP contribution in [0.1, 0.15) is 12.8 Å². The van der Waals surface area contributed by atoms with Crippen LogP contribution in [0.2, 0.25) is 0 Å². The van der Waals surface area contributed by atoms with Crippen LogP contribution in [0.4, 0.5) is 0 Å². The minimum absolute atomic E-state index is 0.0535. The molecule has 1 rings (SSSR count). The third-order valence-corrected chi connectivity index (χ3v) is 2.03. The number of nitrogens with zero attached hydrogens (tertiary/aromatic N) is 2. The van der Waals surface area contributed by atoms with Crippen molar-refractivity contribution in [3.05, 3.63) is 18.5 Å². The lowest BCUT2D eigenvalue weighted by molar-refractivity contribution is -0.121. The van der Waals surface area contributed by atoms with Crippen molar-refractivity contribution in [3.63, 3.8) is 0 Å². The van der Waals surface area contributed by atoms with E-state index in [2.05, 4.69) is 10.4 Å². The van der Waals surface area contributed by atoms with Crippen LogP contribution in [0.25, 0.3) is 0 Å². The van der Waals surface area contributed by atoms with Gasteiger partial charge in [-0.05, 0) is 12.5 Å². The van der Waals surface area contributed by atoms with Gasteiger partial charge < -0.3 is 5.32 Å². The number of carbonyl (C=O) groups is 1. The van der Waals surface area contributed by atoms with Gasteiger partial charge in [-0.2, -0.15) is 5.10 Å². The molecule has 0 saturated heterocycles. The van der Waals surface area contributed by atoms with E-state index in [1.54, 1.807) is 10.9 Å². The predicted octanol–water partition coefficient (Wildman–Crippen LogP) is 1.02. The van der Waals surface area contributed by atoms with Gasteiger partial charge in [0.25, 0.3) is 0 Å². The zero-order valence-electron chi connectivity index (χ0n) is 7.95. The standard InChI is InChI=1S/C9H14ClN3O/c10-4-1-3-9(14)11-6-8-13-7-2-5-12-13/h2,5,7H,1,3-4,6,8H2,(H,11,14). The van der Waals surface area contributed by atoms with Gasteiger partial charge in [-0.25, -0.2) is 0 Å². The molecule has 5 heteroatoms. The first kappa shape index (κ1) is 11.0. The molecule has 0 atom stereocenters. The third kappa shape index (κ3) is 4.28. The highest BCUT2D eigenvalue weighted by Crippen LogP contribution is 1.91. The normalized spacial score (nSPS) is 10.1. The summed E-state index contributed by atoms with van der Waals surface area (Å²) in [5.74, 6) is 0.588. The number of amides is 1. The van der Waals surface area contributed by atoms with Crippen LogP contribution in [0.3, 0.4) is 0 Å². The maximum atomic E-state index is 11.1. The van der Waals surface area contributed by atoms with E-state index in [9.17, 15) is 4.79 Å². The van der Waals surface area contributed by atoms with Crippen molar-refractivity contribution in [2.75, 3.05) is 12.4 Å². The average molecular weight is 216 g/mol. The molecule has 0 fully saturated rings. The number of hydrogen-bond acceptors (Lipinski definition) is 2. The van der Waals surface area contributed by atoms with E-state index in [1.165, 1.54) is 0 Å². The summed E-state index contributed by atoms with van der Waals surface area (Å²) in [6, 6.07) is 1.86. The topological polar surface area (TPSA) is 46.9 Å². The van der Waals surface area contributed by atoms with Gasteiger partial charge in [0.05, 0.1) is 6.54 Å². The summed E-state index contributed by atoms with van der Waals surface area (Å²) in [5, 5.41) is 6.82. The highest BCUT2D eigenvalue weighted by molar-refractivity contribution is 6.17. The number of alkyl halides is 1. The number of carbonyl (C=O) groups excluding carboxylic acids is 1. The second-order valence-electron chi connectivity index (χ2n) is 2.91. The average Bonchev–Trinajstić information content (AvgIpc) is 2.67. The third-order valence-electron chi connectivity index (χ3n) is 1.76. The Morgan fingerprint density at radius 2 is 2.43 bits per heavy atom. The fourth-order valence-corrected chi connectivity index (χ4v) is 1.19. The molecule has 0 aliphatic rings. The summed E-state index contributed by atoms with van der Waals surface area (Å²) < 4.78 is 1.78. The van der Waals surface area contributed by atoms with Gasteiger partial charge in [0.15, 0.2) is 0 Å². The van der Waals surface area contributed by atoms with Crippen molar-refractivity contribution in [2.45, 2.75) is 19.4 Å². The summed E-state index contributed by atoms with van der Waals surface area (Å²) in [7, 11) is 0. The van der Waals surface area contributed by atoms with Gasteiger partial charge in [-0.3, -0.25) is 9.48 Å². The predicted molar refractivity (Wildman–Crippen MR) is 55.2 cm³/mol. The lowest BCUT2D eigenvalue weighted by Crippen LogP contribution is -2.27. The van der Waals surface area contributed by atoms with Crippen LogP contribution in [0.5, 0.6) is 0 Å². The van der Waals surface area contributed by atoms with Gasteiger partial charge in [0.2, 0.25) is 5.91 Å². The molecule has 0 saturated carbocycles. The van der Waals surface area contributed by atoms with E-state index < -0.39 is 0 Å². The highest BCUT2D eigenvalue weighted by Gasteiger charge is 1.99. The lowest BCUT2D eigenvalue weighted by Gasteiger charge is -2.04. The Kier molecular flexibility index (Phi) is 5.07. The maximum absolute atomic E-state index is 11.1. The van der Waals surface area contributed by atoms with E-state index in [1.807, 2.05) is 12.3 Å². The zero-order chi connectivity index (χ0) is 10.2. The van der Waals surface area contributed by atoms with E-state index in [4.69, 9.17) is 11.6 Å². The first-order valence-corrected chi connectivity index (χ1v) is 5.16. The van der Waals surface area contributed by atoms with Gasteiger partial charge in [-0.1, -0.05) is 0 Å². The molecule has 0 bridgehead atoms. The Bertz CT molecular complexity index is 261. The molecule has 0 aliphatic carbocycles. The summed E-state index contributed by atoms with van der Waals surface area (Å²) in [6.45, 7) is 1.32. The highest BCUT2D eigenvalue weighted by atomic mass is 35.5. The van der Waals surface area contributed by atoms with Crippen LogP contribution in [-0.4, -0.2) is 28.1 Å². The monoisotopic (exact) mass is 215 g/mol. The molecule has 1 amide bonds. The van der Waals surface area contributed by atoms with Gasteiger partial charge in [0.1, 0.15) is 0 Å². The Labute approximate surface area is 88.2 Å². The molecule has 0 aliphatic heterocycles. The molecule has 1 heterocycles. The second kappa shape index (κ2) is 6.43. The Balaban J connectivity index is 2.06. The van der Waals surface area contributed by atoms with Crippen LogP contribution in [0.15, 0.2) is 18.5 Å². The molecule has 14 heavy (non-hydrogen) atoms. The van der Waals surface area contributed by atoms with Crippen molar-refractivity contribution in [1.29, 1.82) is 0 Å². The van der Waals surface area contributed by atoms with Crippen LogP contribution in [-0.2, 0) is 11.3 Å². The van der Waals surface area contributed by atoms with Crippen LogP contribution < -0.4 is 5.32 Å². The second-order valence-corrected chi connectivity index (χ2v) is 3.29. The SMILES string of the molecule is O=C(CCCCl)NCCn1cccn1. The molecule has 0 radical (unpaired) electrons. The number of hydrogen-bond donors (Lipinski definition) is 1. The molecule has 0 unspecified atom stereocenters.